The highest BCUT2D eigenvalue weighted by molar-refractivity contribution is 5.73. The fourth-order valence-electron chi connectivity index (χ4n) is 2.42. The van der Waals surface area contributed by atoms with E-state index >= 15 is 0 Å². The first kappa shape index (κ1) is 14.4. The summed E-state index contributed by atoms with van der Waals surface area (Å²) in [5.74, 6) is -0.175. The second-order valence-corrected chi connectivity index (χ2v) is 5.27. The molecule has 0 radical (unpaired) electrons. The second kappa shape index (κ2) is 6.93. The van der Waals surface area contributed by atoms with Gasteiger partial charge in [0, 0.05) is 13.1 Å². The van der Waals surface area contributed by atoms with Crippen molar-refractivity contribution in [2.75, 3.05) is 40.3 Å². The van der Waals surface area contributed by atoms with E-state index in [4.69, 9.17) is 10.8 Å². The van der Waals surface area contributed by atoms with Gasteiger partial charge in [-0.25, -0.2) is 0 Å². The molecule has 0 saturated carbocycles. The highest BCUT2D eigenvalue weighted by Crippen LogP contribution is 2.18. The van der Waals surface area contributed by atoms with E-state index in [1.807, 2.05) is 11.9 Å². The van der Waals surface area contributed by atoms with E-state index in [2.05, 4.69) is 11.9 Å². The quantitative estimate of drug-likeness (QED) is 0.690. The molecule has 0 amide bonds. The lowest BCUT2D eigenvalue weighted by Gasteiger charge is -2.31. The van der Waals surface area contributed by atoms with Crippen molar-refractivity contribution in [3.8, 4) is 0 Å². The monoisotopic (exact) mass is 243 g/mol. The molecule has 0 aromatic heterocycles. The Labute approximate surface area is 104 Å². The van der Waals surface area contributed by atoms with Crippen molar-refractivity contribution in [3.63, 3.8) is 0 Å². The smallest absolute Gasteiger partial charge is 0.321 e. The van der Waals surface area contributed by atoms with Crippen LogP contribution in [0.15, 0.2) is 0 Å². The SMILES string of the molecule is CN1CCCC(CCN(C)CC(N)C(=O)O)C1. The van der Waals surface area contributed by atoms with Crippen molar-refractivity contribution in [1.82, 2.24) is 9.80 Å². The molecule has 2 unspecified atom stereocenters. The third-order valence-corrected chi connectivity index (χ3v) is 3.47. The molecule has 0 spiro atoms. The van der Waals surface area contributed by atoms with Gasteiger partial charge in [-0.15, -0.1) is 0 Å². The topological polar surface area (TPSA) is 69.8 Å². The molecule has 1 aliphatic heterocycles. The summed E-state index contributed by atoms with van der Waals surface area (Å²) in [5, 5.41) is 8.72. The molecule has 100 valence electrons. The Bertz CT molecular complexity index is 248. The Morgan fingerprint density at radius 2 is 2.35 bits per heavy atom. The van der Waals surface area contributed by atoms with Crippen LogP contribution in [0.25, 0.3) is 0 Å². The number of nitrogens with two attached hydrogens (primary N) is 1. The number of likely N-dealkylation sites (tertiary alicyclic amines) is 1. The van der Waals surface area contributed by atoms with Gasteiger partial charge in [0.1, 0.15) is 6.04 Å². The maximum atomic E-state index is 10.6. The molecule has 5 heteroatoms. The molecular formula is C12H25N3O2. The maximum Gasteiger partial charge on any atom is 0.321 e. The predicted molar refractivity (Wildman–Crippen MR) is 67.9 cm³/mol. The summed E-state index contributed by atoms with van der Waals surface area (Å²) in [4.78, 5) is 15.0. The Kier molecular flexibility index (Phi) is 5.88. The average molecular weight is 243 g/mol. The van der Waals surface area contributed by atoms with Crippen LogP contribution >= 0.6 is 0 Å². The van der Waals surface area contributed by atoms with Crippen LogP contribution in [-0.2, 0) is 4.79 Å². The van der Waals surface area contributed by atoms with Gasteiger partial charge in [-0.2, -0.15) is 0 Å². The minimum atomic E-state index is -0.922. The number of hydrogen-bond donors (Lipinski definition) is 2. The molecule has 5 nitrogen and oxygen atoms in total. The zero-order chi connectivity index (χ0) is 12.8. The molecule has 1 saturated heterocycles. The summed E-state index contributed by atoms with van der Waals surface area (Å²) in [6.45, 7) is 3.73. The fourth-order valence-corrected chi connectivity index (χ4v) is 2.42. The first-order valence-corrected chi connectivity index (χ1v) is 6.34. The molecule has 17 heavy (non-hydrogen) atoms. The Morgan fingerprint density at radius 3 is 2.94 bits per heavy atom. The molecule has 3 N–H and O–H groups in total. The molecule has 1 fully saturated rings. The molecule has 0 aromatic rings. The number of carboxylic acids is 1. The number of rotatable bonds is 6. The molecule has 2 atom stereocenters. The third kappa shape index (κ3) is 5.48. The number of piperidine rings is 1. The summed E-state index contributed by atoms with van der Waals surface area (Å²) >= 11 is 0. The zero-order valence-corrected chi connectivity index (χ0v) is 10.9. The van der Waals surface area contributed by atoms with Gasteiger partial charge in [0.15, 0.2) is 0 Å². The maximum absolute atomic E-state index is 10.6. The van der Waals surface area contributed by atoms with E-state index in [1.165, 1.54) is 25.9 Å². The van der Waals surface area contributed by atoms with Crippen molar-refractivity contribution in [2.24, 2.45) is 11.7 Å². The second-order valence-electron chi connectivity index (χ2n) is 5.27. The Morgan fingerprint density at radius 1 is 1.65 bits per heavy atom. The predicted octanol–water partition coefficient (Wildman–Crippen LogP) is 0.0620. The van der Waals surface area contributed by atoms with Crippen LogP contribution < -0.4 is 5.73 Å². The number of carboxylic acid groups (broad SMARTS) is 1. The molecular weight excluding hydrogens is 218 g/mol. The van der Waals surface area contributed by atoms with E-state index in [0.717, 1.165) is 18.9 Å². The molecule has 0 aromatic carbocycles. The molecule has 0 aliphatic carbocycles. The summed E-state index contributed by atoms with van der Waals surface area (Å²) in [6.07, 6.45) is 3.70. The molecule has 1 aliphatic rings. The Hall–Kier alpha value is -0.650. The van der Waals surface area contributed by atoms with Crippen LogP contribution in [0, 0.1) is 5.92 Å². The highest BCUT2D eigenvalue weighted by atomic mass is 16.4. The van der Waals surface area contributed by atoms with E-state index in [0.29, 0.717) is 6.54 Å². The lowest BCUT2D eigenvalue weighted by molar-refractivity contribution is -0.138. The Balaban J connectivity index is 2.18. The summed E-state index contributed by atoms with van der Waals surface area (Å²) in [5.41, 5.74) is 5.50. The number of aliphatic carboxylic acids is 1. The van der Waals surface area contributed by atoms with Gasteiger partial charge in [-0.3, -0.25) is 4.79 Å². The van der Waals surface area contributed by atoms with Crippen molar-refractivity contribution in [3.05, 3.63) is 0 Å². The zero-order valence-electron chi connectivity index (χ0n) is 10.9. The summed E-state index contributed by atoms with van der Waals surface area (Å²) in [7, 11) is 4.10. The summed E-state index contributed by atoms with van der Waals surface area (Å²) < 4.78 is 0. The van der Waals surface area contributed by atoms with Crippen LogP contribution in [0.4, 0.5) is 0 Å². The first-order chi connectivity index (χ1) is 7.99. The van der Waals surface area contributed by atoms with Crippen LogP contribution in [0.3, 0.4) is 0 Å². The molecule has 1 heterocycles. The fraction of sp³-hybridized carbons (Fsp3) is 0.917. The number of nitrogens with zero attached hydrogens (tertiary/aromatic N) is 2. The minimum Gasteiger partial charge on any atom is -0.480 e. The van der Waals surface area contributed by atoms with Crippen molar-refractivity contribution >= 4 is 5.97 Å². The van der Waals surface area contributed by atoms with Gasteiger partial charge in [-0.05, 0) is 52.4 Å². The van der Waals surface area contributed by atoms with Gasteiger partial charge < -0.3 is 20.6 Å². The van der Waals surface area contributed by atoms with Gasteiger partial charge in [0.2, 0.25) is 0 Å². The highest BCUT2D eigenvalue weighted by Gasteiger charge is 2.19. The third-order valence-electron chi connectivity index (χ3n) is 3.47. The lowest BCUT2D eigenvalue weighted by Crippen LogP contribution is -2.42. The first-order valence-electron chi connectivity index (χ1n) is 6.34. The molecule has 1 rings (SSSR count). The average Bonchev–Trinajstić information content (AvgIpc) is 2.26. The molecule has 0 bridgehead atoms. The van der Waals surface area contributed by atoms with E-state index in [9.17, 15) is 4.79 Å². The van der Waals surface area contributed by atoms with Crippen LogP contribution in [0.5, 0.6) is 0 Å². The minimum absolute atomic E-state index is 0.428. The van der Waals surface area contributed by atoms with Gasteiger partial charge in [0.25, 0.3) is 0 Å². The lowest BCUT2D eigenvalue weighted by atomic mass is 9.95. The largest absolute Gasteiger partial charge is 0.480 e. The van der Waals surface area contributed by atoms with Crippen LogP contribution in [0.1, 0.15) is 19.3 Å². The van der Waals surface area contributed by atoms with Crippen LogP contribution in [0.2, 0.25) is 0 Å². The van der Waals surface area contributed by atoms with Crippen LogP contribution in [-0.4, -0.2) is 67.2 Å². The van der Waals surface area contributed by atoms with Gasteiger partial charge in [-0.1, -0.05) is 0 Å². The summed E-state index contributed by atoms with van der Waals surface area (Å²) in [6, 6.07) is -0.769. The number of hydrogen-bond acceptors (Lipinski definition) is 4. The van der Waals surface area contributed by atoms with Gasteiger partial charge >= 0.3 is 5.97 Å². The number of likely N-dealkylation sites (N-methyl/N-ethyl adjacent to an activating group) is 1. The van der Waals surface area contributed by atoms with E-state index in [1.54, 1.807) is 0 Å². The van der Waals surface area contributed by atoms with Crippen molar-refractivity contribution < 1.29 is 9.90 Å². The van der Waals surface area contributed by atoms with Crippen molar-refractivity contribution in [2.45, 2.75) is 25.3 Å². The standard InChI is InChI=1S/C12H25N3O2/c1-14-6-3-4-10(8-14)5-7-15(2)9-11(13)12(16)17/h10-11H,3-9,13H2,1-2H3,(H,16,17). The van der Waals surface area contributed by atoms with E-state index in [-0.39, 0.29) is 0 Å². The normalized spacial score (nSPS) is 23.9. The van der Waals surface area contributed by atoms with Gasteiger partial charge in [0.05, 0.1) is 0 Å². The van der Waals surface area contributed by atoms with E-state index < -0.39 is 12.0 Å². The van der Waals surface area contributed by atoms with Crippen molar-refractivity contribution in [1.29, 1.82) is 0 Å². The number of carbonyl (C=O) groups is 1.